The molecule has 0 aliphatic carbocycles. The standard InChI is InChI=1S/C14H20BrNS/c1-3-13(11-4-6-12(15)7-5-11)16-14-8-9-17-10(14)2/h4-7,10,13-14,16H,3,8-9H2,1-2H3. The van der Waals surface area contributed by atoms with Crippen LogP contribution >= 0.6 is 27.7 Å². The van der Waals surface area contributed by atoms with Crippen LogP contribution in [0.4, 0.5) is 0 Å². The smallest absolute Gasteiger partial charge is 0.0320 e. The van der Waals surface area contributed by atoms with Crippen molar-refractivity contribution >= 4 is 27.7 Å². The number of thioether (sulfide) groups is 1. The first-order valence-electron chi connectivity index (χ1n) is 6.34. The van der Waals surface area contributed by atoms with Crippen LogP contribution in [-0.2, 0) is 0 Å². The van der Waals surface area contributed by atoms with E-state index in [-0.39, 0.29) is 0 Å². The average molecular weight is 314 g/mol. The number of hydrogen-bond acceptors (Lipinski definition) is 2. The minimum Gasteiger partial charge on any atom is -0.306 e. The second-order valence-electron chi connectivity index (χ2n) is 4.65. The highest BCUT2D eigenvalue weighted by atomic mass is 79.9. The molecule has 94 valence electrons. The van der Waals surface area contributed by atoms with Crippen LogP contribution in [-0.4, -0.2) is 17.0 Å². The molecular weight excluding hydrogens is 294 g/mol. The van der Waals surface area contributed by atoms with Crippen LogP contribution in [0.3, 0.4) is 0 Å². The molecule has 0 aromatic heterocycles. The molecule has 3 heteroatoms. The number of rotatable bonds is 4. The number of hydrogen-bond donors (Lipinski definition) is 1. The third-order valence-corrected chi connectivity index (χ3v) is 5.33. The van der Waals surface area contributed by atoms with Crippen molar-refractivity contribution in [3.63, 3.8) is 0 Å². The van der Waals surface area contributed by atoms with Gasteiger partial charge in [0.15, 0.2) is 0 Å². The van der Waals surface area contributed by atoms with Gasteiger partial charge in [-0.15, -0.1) is 0 Å². The van der Waals surface area contributed by atoms with Crippen LogP contribution in [0.5, 0.6) is 0 Å². The topological polar surface area (TPSA) is 12.0 Å². The van der Waals surface area contributed by atoms with Crippen LogP contribution < -0.4 is 5.32 Å². The van der Waals surface area contributed by atoms with Gasteiger partial charge in [-0.25, -0.2) is 0 Å². The van der Waals surface area contributed by atoms with E-state index in [2.05, 4.69) is 71.1 Å². The molecule has 1 saturated heterocycles. The largest absolute Gasteiger partial charge is 0.306 e. The van der Waals surface area contributed by atoms with Gasteiger partial charge in [0.25, 0.3) is 0 Å². The van der Waals surface area contributed by atoms with Gasteiger partial charge in [0.1, 0.15) is 0 Å². The molecule has 3 unspecified atom stereocenters. The van der Waals surface area contributed by atoms with Crippen LogP contribution in [0.25, 0.3) is 0 Å². The predicted octanol–water partition coefficient (Wildman–Crippen LogP) is 4.38. The highest BCUT2D eigenvalue weighted by Crippen LogP contribution is 2.29. The fourth-order valence-electron chi connectivity index (χ4n) is 2.35. The molecule has 1 aromatic rings. The lowest BCUT2D eigenvalue weighted by Gasteiger charge is -2.24. The van der Waals surface area contributed by atoms with E-state index in [0.29, 0.717) is 12.1 Å². The van der Waals surface area contributed by atoms with E-state index in [1.54, 1.807) is 0 Å². The summed E-state index contributed by atoms with van der Waals surface area (Å²) < 4.78 is 1.15. The lowest BCUT2D eigenvalue weighted by Crippen LogP contribution is -2.36. The van der Waals surface area contributed by atoms with Crippen LogP contribution in [0.1, 0.15) is 38.3 Å². The van der Waals surface area contributed by atoms with E-state index in [1.165, 1.54) is 17.7 Å². The first-order valence-corrected chi connectivity index (χ1v) is 8.18. The number of halogens is 1. The summed E-state index contributed by atoms with van der Waals surface area (Å²) >= 11 is 5.58. The second kappa shape index (κ2) is 6.26. The van der Waals surface area contributed by atoms with Crippen LogP contribution in [0.2, 0.25) is 0 Å². The van der Waals surface area contributed by atoms with Crippen molar-refractivity contribution in [1.29, 1.82) is 0 Å². The molecule has 0 radical (unpaired) electrons. The SMILES string of the molecule is CCC(NC1CCSC1C)c1ccc(Br)cc1. The van der Waals surface area contributed by atoms with Gasteiger partial charge in [0.2, 0.25) is 0 Å². The highest BCUT2D eigenvalue weighted by Gasteiger charge is 2.25. The molecule has 3 atom stereocenters. The lowest BCUT2D eigenvalue weighted by molar-refractivity contribution is 0.425. The summed E-state index contributed by atoms with van der Waals surface area (Å²) in [6.07, 6.45) is 2.45. The summed E-state index contributed by atoms with van der Waals surface area (Å²) in [6, 6.07) is 9.87. The van der Waals surface area contributed by atoms with Crippen molar-refractivity contribution in [3.05, 3.63) is 34.3 Å². The zero-order chi connectivity index (χ0) is 12.3. The number of benzene rings is 1. The molecule has 17 heavy (non-hydrogen) atoms. The molecule has 1 heterocycles. The van der Waals surface area contributed by atoms with E-state index in [4.69, 9.17) is 0 Å². The molecule has 0 spiro atoms. The Bertz CT molecular complexity index is 352. The Balaban J connectivity index is 2.03. The van der Waals surface area contributed by atoms with Gasteiger partial charge in [-0.2, -0.15) is 11.8 Å². The summed E-state index contributed by atoms with van der Waals surface area (Å²) in [5.74, 6) is 1.30. The molecule has 0 amide bonds. The fourth-order valence-corrected chi connectivity index (χ4v) is 3.83. The van der Waals surface area contributed by atoms with Crippen LogP contribution in [0, 0.1) is 0 Å². The maximum atomic E-state index is 3.81. The monoisotopic (exact) mass is 313 g/mol. The van der Waals surface area contributed by atoms with E-state index >= 15 is 0 Å². The average Bonchev–Trinajstić information content (AvgIpc) is 2.73. The van der Waals surface area contributed by atoms with Crippen molar-refractivity contribution in [1.82, 2.24) is 5.32 Å². The van der Waals surface area contributed by atoms with Gasteiger partial charge >= 0.3 is 0 Å². The van der Waals surface area contributed by atoms with Gasteiger partial charge in [0.05, 0.1) is 0 Å². The van der Waals surface area contributed by atoms with E-state index in [9.17, 15) is 0 Å². The van der Waals surface area contributed by atoms with Gasteiger partial charge in [-0.1, -0.05) is 41.9 Å². The summed E-state index contributed by atoms with van der Waals surface area (Å²) in [4.78, 5) is 0. The first kappa shape index (κ1) is 13.4. The highest BCUT2D eigenvalue weighted by molar-refractivity contribution is 9.10. The van der Waals surface area contributed by atoms with Gasteiger partial charge < -0.3 is 5.32 Å². The van der Waals surface area contributed by atoms with Gasteiger partial charge in [0, 0.05) is 21.8 Å². The van der Waals surface area contributed by atoms with Gasteiger partial charge in [-0.3, -0.25) is 0 Å². The summed E-state index contributed by atoms with van der Waals surface area (Å²) in [6.45, 7) is 4.59. The lowest BCUT2D eigenvalue weighted by atomic mass is 10.0. The molecule has 0 saturated carbocycles. The van der Waals surface area contributed by atoms with E-state index in [1.807, 2.05) is 0 Å². The summed E-state index contributed by atoms with van der Waals surface area (Å²) in [5, 5.41) is 4.56. The molecule has 1 fully saturated rings. The van der Waals surface area contributed by atoms with Gasteiger partial charge in [-0.05, 0) is 36.3 Å². The van der Waals surface area contributed by atoms with E-state index < -0.39 is 0 Å². The molecule has 1 aromatic carbocycles. The van der Waals surface area contributed by atoms with Crippen molar-refractivity contribution < 1.29 is 0 Å². The minimum absolute atomic E-state index is 0.495. The Morgan fingerprint density at radius 1 is 1.41 bits per heavy atom. The quantitative estimate of drug-likeness (QED) is 0.885. The van der Waals surface area contributed by atoms with Crippen LogP contribution in [0.15, 0.2) is 28.7 Å². The molecule has 1 aliphatic heterocycles. The third-order valence-electron chi connectivity index (χ3n) is 3.47. The molecule has 1 nitrogen and oxygen atoms in total. The Hall–Kier alpha value is 0.01000. The zero-order valence-corrected chi connectivity index (χ0v) is 12.9. The zero-order valence-electron chi connectivity index (χ0n) is 10.4. The molecule has 2 rings (SSSR count). The molecular formula is C14H20BrNS. The Morgan fingerprint density at radius 2 is 2.12 bits per heavy atom. The Labute approximate surface area is 117 Å². The third kappa shape index (κ3) is 3.49. The maximum absolute atomic E-state index is 3.81. The Kier molecular flexibility index (Phi) is 4.95. The first-order chi connectivity index (χ1) is 8.20. The number of nitrogens with one attached hydrogen (secondary N) is 1. The summed E-state index contributed by atoms with van der Waals surface area (Å²) in [5.41, 5.74) is 1.40. The molecule has 0 bridgehead atoms. The second-order valence-corrected chi connectivity index (χ2v) is 7.05. The molecule has 1 aliphatic rings. The maximum Gasteiger partial charge on any atom is 0.0320 e. The predicted molar refractivity (Wildman–Crippen MR) is 80.6 cm³/mol. The molecule has 1 N–H and O–H groups in total. The minimum atomic E-state index is 0.495. The van der Waals surface area contributed by atoms with E-state index in [0.717, 1.165) is 16.1 Å². The van der Waals surface area contributed by atoms with Crippen molar-refractivity contribution in [2.45, 2.75) is 44.0 Å². The van der Waals surface area contributed by atoms with Crippen molar-refractivity contribution in [2.24, 2.45) is 0 Å². The Morgan fingerprint density at radius 3 is 2.65 bits per heavy atom. The fraction of sp³-hybridized carbons (Fsp3) is 0.571. The van der Waals surface area contributed by atoms with Crippen molar-refractivity contribution in [2.75, 3.05) is 5.75 Å². The normalized spacial score (nSPS) is 26.1. The summed E-state index contributed by atoms with van der Waals surface area (Å²) in [7, 11) is 0. The van der Waals surface area contributed by atoms with Crippen molar-refractivity contribution in [3.8, 4) is 0 Å².